The number of carbonyl (C=O) groups is 1. The molecular weight excluding hydrogens is 164 g/mol. The number of Topliss-reactive ketones (excluding diaryl/α,β-unsaturated/α-hetero) is 1. The minimum absolute atomic E-state index is 0.0765. The predicted molar refractivity (Wildman–Crippen MR) is 53.8 cm³/mol. The number of nitrogens with zero attached hydrogens (tertiary/aromatic N) is 2. The third-order valence-electron chi connectivity index (χ3n) is 2.67. The van der Waals surface area contributed by atoms with Crippen molar-refractivity contribution in [3.8, 4) is 0 Å². The Morgan fingerprint density at radius 1 is 1.46 bits per heavy atom. The van der Waals surface area contributed by atoms with Gasteiger partial charge in [-0.25, -0.2) is 0 Å². The number of likely N-dealkylation sites (N-methyl/N-ethyl adjacent to an activating group) is 1. The van der Waals surface area contributed by atoms with Crippen LogP contribution in [0, 0.1) is 0 Å². The maximum Gasteiger partial charge on any atom is 0.148 e. The highest BCUT2D eigenvalue weighted by molar-refractivity contribution is 5.84. The van der Waals surface area contributed by atoms with Gasteiger partial charge in [0.2, 0.25) is 0 Å². The van der Waals surface area contributed by atoms with Gasteiger partial charge in [-0.1, -0.05) is 0 Å². The first-order chi connectivity index (χ1) is 5.92. The summed E-state index contributed by atoms with van der Waals surface area (Å²) in [7, 11) is 4.12. The van der Waals surface area contributed by atoms with Crippen molar-refractivity contribution in [3.05, 3.63) is 0 Å². The molecule has 0 N–H and O–H groups in total. The molecule has 0 radical (unpaired) electrons. The first-order valence-electron chi connectivity index (χ1n) is 4.83. The van der Waals surface area contributed by atoms with Crippen molar-refractivity contribution in [2.24, 2.45) is 0 Å². The maximum absolute atomic E-state index is 11.3. The summed E-state index contributed by atoms with van der Waals surface area (Å²) in [6.45, 7) is 6.95. The molecule has 0 spiro atoms. The second-order valence-electron chi connectivity index (χ2n) is 4.75. The zero-order valence-corrected chi connectivity index (χ0v) is 9.13. The van der Waals surface area contributed by atoms with Crippen molar-refractivity contribution in [2.75, 3.05) is 33.7 Å². The Bertz CT molecular complexity index is 199. The van der Waals surface area contributed by atoms with E-state index in [2.05, 4.69) is 37.7 Å². The van der Waals surface area contributed by atoms with E-state index in [1.807, 2.05) is 0 Å². The normalized spacial score (nSPS) is 23.0. The Kier molecular flexibility index (Phi) is 3.09. The molecule has 0 aromatic carbocycles. The SMILES string of the molecule is CN(C)CCN1CC(=O)CC1(C)C. The average molecular weight is 184 g/mol. The number of hydrogen-bond donors (Lipinski definition) is 0. The monoisotopic (exact) mass is 184 g/mol. The summed E-state index contributed by atoms with van der Waals surface area (Å²) < 4.78 is 0. The van der Waals surface area contributed by atoms with Crippen LogP contribution in [0.2, 0.25) is 0 Å². The van der Waals surface area contributed by atoms with Gasteiger partial charge < -0.3 is 4.90 Å². The molecule has 1 fully saturated rings. The van der Waals surface area contributed by atoms with Crippen LogP contribution in [0.5, 0.6) is 0 Å². The molecule has 0 aromatic heterocycles. The molecule has 0 aromatic rings. The number of rotatable bonds is 3. The standard InChI is InChI=1S/C10H20N2O/c1-10(2)7-9(13)8-12(10)6-5-11(3)4/h5-8H2,1-4H3. The first kappa shape index (κ1) is 10.7. The van der Waals surface area contributed by atoms with E-state index < -0.39 is 0 Å². The molecule has 0 unspecified atom stereocenters. The van der Waals surface area contributed by atoms with E-state index in [0.717, 1.165) is 13.1 Å². The minimum atomic E-state index is 0.0765. The van der Waals surface area contributed by atoms with Gasteiger partial charge in [0, 0.05) is 25.0 Å². The molecule has 0 saturated carbocycles. The van der Waals surface area contributed by atoms with Gasteiger partial charge in [0.25, 0.3) is 0 Å². The summed E-state index contributed by atoms with van der Waals surface area (Å²) in [4.78, 5) is 15.7. The summed E-state index contributed by atoms with van der Waals surface area (Å²) in [5.41, 5.74) is 0.0765. The van der Waals surface area contributed by atoms with Crippen LogP contribution in [0.1, 0.15) is 20.3 Å². The van der Waals surface area contributed by atoms with E-state index in [1.54, 1.807) is 0 Å². The Balaban J connectivity index is 2.45. The highest BCUT2D eigenvalue weighted by Gasteiger charge is 2.36. The fourth-order valence-corrected chi connectivity index (χ4v) is 1.78. The highest BCUT2D eigenvalue weighted by Crippen LogP contribution is 2.25. The second-order valence-corrected chi connectivity index (χ2v) is 4.75. The fourth-order valence-electron chi connectivity index (χ4n) is 1.78. The molecule has 0 bridgehead atoms. The van der Waals surface area contributed by atoms with Gasteiger partial charge in [-0.05, 0) is 27.9 Å². The van der Waals surface area contributed by atoms with Crippen molar-refractivity contribution in [2.45, 2.75) is 25.8 Å². The van der Waals surface area contributed by atoms with Gasteiger partial charge in [-0.15, -0.1) is 0 Å². The molecule has 1 aliphatic rings. The first-order valence-corrected chi connectivity index (χ1v) is 4.83. The predicted octanol–water partition coefficient (Wildman–Crippen LogP) is 0.601. The summed E-state index contributed by atoms with van der Waals surface area (Å²) in [5.74, 6) is 0.378. The van der Waals surface area contributed by atoms with Crippen LogP contribution in [0.25, 0.3) is 0 Å². The minimum Gasteiger partial charge on any atom is -0.308 e. The van der Waals surface area contributed by atoms with Crippen LogP contribution in [-0.2, 0) is 4.79 Å². The Morgan fingerprint density at radius 2 is 2.08 bits per heavy atom. The van der Waals surface area contributed by atoms with Crippen LogP contribution < -0.4 is 0 Å². The lowest BCUT2D eigenvalue weighted by atomic mass is 10.0. The van der Waals surface area contributed by atoms with Crippen LogP contribution in [-0.4, -0.2) is 54.9 Å². The Morgan fingerprint density at radius 3 is 2.46 bits per heavy atom. The molecule has 3 heteroatoms. The zero-order valence-electron chi connectivity index (χ0n) is 9.13. The van der Waals surface area contributed by atoms with Gasteiger partial charge in [0.05, 0.1) is 6.54 Å². The van der Waals surface area contributed by atoms with Crippen molar-refractivity contribution >= 4 is 5.78 Å². The number of likely N-dealkylation sites (tertiary alicyclic amines) is 1. The molecule has 0 atom stereocenters. The lowest BCUT2D eigenvalue weighted by Gasteiger charge is -2.31. The Hall–Kier alpha value is -0.410. The molecule has 3 nitrogen and oxygen atoms in total. The van der Waals surface area contributed by atoms with E-state index in [1.165, 1.54) is 0 Å². The lowest BCUT2D eigenvalue weighted by molar-refractivity contribution is -0.117. The molecule has 1 aliphatic heterocycles. The average Bonchev–Trinajstić information content (AvgIpc) is 2.19. The van der Waals surface area contributed by atoms with E-state index in [4.69, 9.17) is 0 Å². The van der Waals surface area contributed by atoms with Gasteiger partial charge in [0.15, 0.2) is 0 Å². The van der Waals surface area contributed by atoms with Crippen molar-refractivity contribution in [3.63, 3.8) is 0 Å². The number of hydrogen-bond acceptors (Lipinski definition) is 3. The summed E-state index contributed by atoms with van der Waals surface area (Å²) in [6.07, 6.45) is 0.709. The summed E-state index contributed by atoms with van der Waals surface area (Å²) >= 11 is 0. The Labute approximate surface area is 80.7 Å². The van der Waals surface area contributed by atoms with Crippen molar-refractivity contribution < 1.29 is 4.79 Å². The number of ketones is 1. The maximum atomic E-state index is 11.3. The third kappa shape index (κ3) is 2.78. The van der Waals surface area contributed by atoms with Crippen LogP contribution in [0.15, 0.2) is 0 Å². The van der Waals surface area contributed by atoms with Crippen molar-refractivity contribution in [1.82, 2.24) is 9.80 Å². The molecule has 76 valence electrons. The van der Waals surface area contributed by atoms with Gasteiger partial charge in [0.1, 0.15) is 5.78 Å². The van der Waals surface area contributed by atoms with Gasteiger partial charge >= 0.3 is 0 Å². The molecule has 1 heterocycles. The molecule has 0 aliphatic carbocycles. The molecule has 13 heavy (non-hydrogen) atoms. The van der Waals surface area contributed by atoms with Crippen LogP contribution in [0.4, 0.5) is 0 Å². The fraction of sp³-hybridized carbons (Fsp3) is 0.900. The summed E-state index contributed by atoms with van der Waals surface area (Å²) in [5, 5.41) is 0. The van der Waals surface area contributed by atoms with Crippen LogP contribution in [0.3, 0.4) is 0 Å². The molecule has 1 rings (SSSR count). The molecule has 0 amide bonds. The topological polar surface area (TPSA) is 23.6 Å². The van der Waals surface area contributed by atoms with Crippen LogP contribution >= 0.6 is 0 Å². The summed E-state index contributed by atoms with van der Waals surface area (Å²) in [6, 6.07) is 0. The van der Waals surface area contributed by atoms with E-state index in [9.17, 15) is 4.79 Å². The second kappa shape index (κ2) is 3.76. The number of carbonyl (C=O) groups excluding carboxylic acids is 1. The zero-order chi connectivity index (χ0) is 10.1. The largest absolute Gasteiger partial charge is 0.308 e. The van der Waals surface area contributed by atoms with E-state index >= 15 is 0 Å². The third-order valence-corrected chi connectivity index (χ3v) is 2.67. The molecular formula is C10H20N2O. The van der Waals surface area contributed by atoms with E-state index in [0.29, 0.717) is 18.7 Å². The smallest absolute Gasteiger partial charge is 0.148 e. The van der Waals surface area contributed by atoms with Gasteiger partial charge in [-0.2, -0.15) is 0 Å². The molecule has 1 saturated heterocycles. The van der Waals surface area contributed by atoms with Gasteiger partial charge in [-0.3, -0.25) is 9.69 Å². The van der Waals surface area contributed by atoms with Crippen molar-refractivity contribution in [1.29, 1.82) is 0 Å². The highest BCUT2D eigenvalue weighted by atomic mass is 16.1. The quantitative estimate of drug-likeness (QED) is 0.642. The lowest BCUT2D eigenvalue weighted by Crippen LogP contribution is -2.41. The van der Waals surface area contributed by atoms with E-state index in [-0.39, 0.29) is 5.54 Å².